The van der Waals surface area contributed by atoms with Crippen molar-refractivity contribution in [3.05, 3.63) is 47.5 Å². The molecule has 4 nitrogen and oxygen atoms in total. The van der Waals surface area contributed by atoms with Crippen molar-refractivity contribution in [3.8, 4) is 10.9 Å². The Balaban J connectivity index is 1.72. The molecule has 3 rings (SSSR count). The predicted molar refractivity (Wildman–Crippen MR) is 85.9 cm³/mol. The second-order valence-electron chi connectivity index (χ2n) is 5.11. The summed E-state index contributed by atoms with van der Waals surface area (Å²) in [5.74, 6) is 0.785. The second kappa shape index (κ2) is 6.20. The Hall–Kier alpha value is -1.98. The van der Waals surface area contributed by atoms with Gasteiger partial charge in [0.05, 0.1) is 6.54 Å². The minimum Gasteiger partial charge on any atom is -0.430 e. The first-order valence-corrected chi connectivity index (χ1v) is 7.75. The van der Waals surface area contributed by atoms with Crippen LogP contribution in [0.5, 0.6) is 10.9 Å². The van der Waals surface area contributed by atoms with Gasteiger partial charge in [0, 0.05) is 6.04 Å². The summed E-state index contributed by atoms with van der Waals surface area (Å²) in [5.41, 5.74) is 0. The molecule has 0 bridgehead atoms. The van der Waals surface area contributed by atoms with Crippen molar-refractivity contribution in [1.29, 1.82) is 0 Å². The van der Waals surface area contributed by atoms with E-state index in [1.165, 1.54) is 16.7 Å². The van der Waals surface area contributed by atoms with Crippen LogP contribution in [0.15, 0.2) is 42.5 Å². The summed E-state index contributed by atoms with van der Waals surface area (Å²) in [4.78, 5) is 0. The van der Waals surface area contributed by atoms with Crippen LogP contribution in [0.25, 0.3) is 10.8 Å². The summed E-state index contributed by atoms with van der Waals surface area (Å²) < 4.78 is 5.79. The fraction of sp³-hybridized carbons (Fsp3) is 0.250. The average molecular weight is 299 g/mol. The quantitative estimate of drug-likeness (QED) is 0.774. The Bertz CT molecular complexity index is 739. The largest absolute Gasteiger partial charge is 0.430 e. The van der Waals surface area contributed by atoms with Crippen LogP contribution in [0.4, 0.5) is 0 Å². The van der Waals surface area contributed by atoms with Crippen LogP contribution in [-0.2, 0) is 6.54 Å². The number of hydrogen-bond acceptors (Lipinski definition) is 5. The Morgan fingerprint density at radius 2 is 1.90 bits per heavy atom. The Morgan fingerprint density at radius 1 is 1.10 bits per heavy atom. The van der Waals surface area contributed by atoms with Crippen molar-refractivity contribution in [2.45, 2.75) is 26.4 Å². The first-order chi connectivity index (χ1) is 10.2. The smallest absolute Gasteiger partial charge is 0.299 e. The molecule has 3 aromatic rings. The number of nitrogens with zero attached hydrogens (tertiary/aromatic N) is 2. The fourth-order valence-electron chi connectivity index (χ4n) is 1.97. The van der Waals surface area contributed by atoms with Gasteiger partial charge in [-0.2, -0.15) is 0 Å². The van der Waals surface area contributed by atoms with E-state index < -0.39 is 0 Å². The highest BCUT2D eigenvalue weighted by molar-refractivity contribution is 7.13. The van der Waals surface area contributed by atoms with Gasteiger partial charge in [-0.05, 0) is 22.9 Å². The minimum absolute atomic E-state index is 0.429. The molecule has 0 atom stereocenters. The maximum absolute atomic E-state index is 5.79. The van der Waals surface area contributed by atoms with Crippen LogP contribution >= 0.6 is 11.3 Å². The van der Waals surface area contributed by atoms with E-state index in [4.69, 9.17) is 4.74 Å². The highest BCUT2D eigenvalue weighted by atomic mass is 32.1. The van der Waals surface area contributed by atoms with E-state index in [0.717, 1.165) is 22.7 Å². The van der Waals surface area contributed by atoms with E-state index in [1.807, 2.05) is 30.3 Å². The van der Waals surface area contributed by atoms with Crippen LogP contribution in [0.1, 0.15) is 18.9 Å². The lowest BCUT2D eigenvalue weighted by atomic mass is 10.1. The molecule has 5 heteroatoms. The summed E-state index contributed by atoms with van der Waals surface area (Å²) >= 11 is 1.47. The first kappa shape index (κ1) is 14.0. The Kier molecular flexibility index (Phi) is 4.13. The lowest BCUT2D eigenvalue weighted by molar-refractivity contribution is 0.473. The van der Waals surface area contributed by atoms with Gasteiger partial charge in [0.15, 0.2) is 0 Å². The zero-order chi connectivity index (χ0) is 14.7. The van der Waals surface area contributed by atoms with Gasteiger partial charge in [0.25, 0.3) is 5.19 Å². The molecule has 0 spiro atoms. The number of benzene rings is 2. The molecule has 2 aromatic carbocycles. The van der Waals surface area contributed by atoms with E-state index in [9.17, 15) is 0 Å². The van der Waals surface area contributed by atoms with E-state index in [2.05, 4.69) is 41.5 Å². The minimum atomic E-state index is 0.429. The molecule has 108 valence electrons. The van der Waals surface area contributed by atoms with Gasteiger partial charge in [-0.25, -0.2) is 0 Å². The van der Waals surface area contributed by atoms with Crippen LogP contribution < -0.4 is 10.1 Å². The summed E-state index contributed by atoms with van der Waals surface area (Å²) in [7, 11) is 0. The molecule has 0 aliphatic heterocycles. The zero-order valence-electron chi connectivity index (χ0n) is 12.0. The number of fused-ring (bicyclic) bond motifs is 1. The first-order valence-electron chi connectivity index (χ1n) is 6.93. The van der Waals surface area contributed by atoms with Crippen molar-refractivity contribution in [1.82, 2.24) is 15.5 Å². The zero-order valence-corrected chi connectivity index (χ0v) is 12.9. The number of aromatic nitrogens is 2. The summed E-state index contributed by atoms with van der Waals surface area (Å²) in [6.45, 7) is 4.93. The molecule has 0 saturated heterocycles. The van der Waals surface area contributed by atoms with E-state index >= 15 is 0 Å². The molecule has 1 N–H and O–H groups in total. The average Bonchev–Trinajstić information content (AvgIpc) is 2.92. The number of hydrogen-bond donors (Lipinski definition) is 1. The molecule has 0 aliphatic carbocycles. The molecule has 21 heavy (non-hydrogen) atoms. The van der Waals surface area contributed by atoms with Gasteiger partial charge >= 0.3 is 0 Å². The molecule has 0 fully saturated rings. The highest BCUT2D eigenvalue weighted by Crippen LogP contribution is 2.27. The van der Waals surface area contributed by atoms with Gasteiger partial charge < -0.3 is 10.1 Å². The molecular formula is C16H17N3OS. The van der Waals surface area contributed by atoms with Gasteiger partial charge in [-0.3, -0.25) is 0 Å². The number of nitrogens with one attached hydrogen (secondary N) is 1. The topological polar surface area (TPSA) is 47.0 Å². The van der Waals surface area contributed by atoms with Crippen molar-refractivity contribution in [2.75, 3.05) is 0 Å². The number of ether oxygens (including phenoxy) is 1. The van der Waals surface area contributed by atoms with Gasteiger partial charge in [-0.1, -0.05) is 60.6 Å². The Labute approximate surface area is 127 Å². The lowest BCUT2D eigenvalue weighted by Crippen LogP contribution is -2.21. The van der Waals surface area contributed by atoms with Crippen LogP contribution in [-0.4, -0.2) is 16.2 Å². The fourth-order valence-corrected chi connectivity index (χ4v) is 2.63. The molecule has 1 heterocycles. The second-order valence-corrected chi connectivity index (χ2v) is 6.13. The maximum Gasteiger partial charge on any atom is 0.299 e. The van der Waals surface area contributed by atoms with Gasteiger partial charge in [0.1, 0.15) is 10.8 Å². The molecule has 0 aliphatic rings. The summed E-state index contributed by atoms with van der Waals surface area (Å²) in [6, 6.07) is 14.7. The third-order valence-corrected chi connectivity index (χ3v) is 3.84. The van der Waals surface area contributed by atoms with Gasteiger partial charge in [-0.15, -0.1) is 5.10 Å². The molecule has 1 aromatic heterocycles. The van der Waals surface area contributed by atoms with Crippen molar-refractivity contribution in [2.24, 2.45) is 0 Å². The molecule has 0 saturated carbocycles. The molecular weight excluding hydrogens is 282 g/mol. The predicted octanol–water partition coefficient (Wildman–Crippen LogP) is 3.98. The molecule has 0 amide bonds. The SMILES string of the molecule is CC(C)NCc1nnc(Oc2ccc3ccccc3c2)s1. The van der Waals surface area contributed by atoms with Crippen molar-refractivity contribution in [3.63, 3.8) is 0 Å². The third kappa shape index (κ3) is 3.56. The molecule has 0 radical (unpaired) electrons. The van der Waals surface area contributed by atoms with Gasteiger partial charge in [0.2, 0.25) is 0 Å². The normalized spacial score (nSPS) is 11.2. The van der Waals surface area contributed by atoms with Crippen LogP contribution in [0.3, 0.4) is 0 Å². The monoisotopic (exact) mass is 299 g/mol. The van der Waals surface area contributed by atoms with E-state index in [0.29, 0.717) is 11.2 Å². The highest BCUT2D eigenvalue weighted by Gasteiger charge is 2.07. The summed E-state index contributed by atoms with van der Waals surface area (Å²) in [6.07, 6.45) is 0. The maximum atomic E-state index is 5.79. The summed E-state index contributed by atoms with van der Waals surface area (Å²) in [5, 5.41) is 15.4. The molecule has 0 unspecified atom stereocenters. The van der Waals surface area contributed by atoms with Crippen molar-refractivity contribution >= 4 is 22.1 Å². The van der Waals surface area contributed by atoms with Crippen LogP contribution in [0.2, 0.25) is 0 Å². The van der Waals surface area contributed by atoms with Crippen molar-refractivity contribution < 1.29 is 4.74 Å². The third-order valence-electron chi connectivity index (χ3n) is 3.04. The number of rotatable bonds is 5. The lowest BCUT2D eigenvalue weighted by Gasteiger charge is -2.04. The Morgan fingerprint density at radius 3 is 2.71 bits per heavy atom. The standard InChI is InChI=1S/C16H17N3OS/c1-11(2)17-10-15-18-19-16(21-15)20-14-8-7-12-5-3-4-6-13(12)9-14/h3-9,11,17H,10H2,1-2H3. The van der Waals surface area contributed by atoms with E-state index in [-0.39, 0.29) is 0 Å². The van der Waals surface area contributed by atoms with E-state index in [1.54, 1.807) is 0 Å². The van der Waals surface area contributed by atoms with Crippen LogP contribution in [0, 0.1) is 0 Å².